The van der Waals surface area contributed by atoms with Gasteiger partial charge in [0.05, 0.1) is 11.8 Å². The van der Waals surface area contributed by atoms with Crippen LogP contribution in [-0.2, 0) is 13.6 Å². The van der Waals surface area contributed by atoms with E-state index in [0.29, 0.717) is 12.0 Å². The smallest absolute Gasteiger partial charge is 0.111 e. The molecule has 0 spiro atoms. The highest BCUT2D eigenvalue weighted by Gasteiger charge is 2.37. The number of piperazine rings is 1. The average molecular weight is 327 g/mol. The first-order chi connectivity index (χ1) is 11.7. The summed E-state index contributed by atoms with van der Waals surface area (Å²) in [5.74, 6) is 0.648. The van der Waals surface area contributed by atoms with E-state index in [0.717, 1.165) is 26.2 Å². The van der Waals surface area contributed by atoms with E-state index >= 15 is 0 Å². The topological polar surface area (TPSA) is 48.1 Å². The Bertz CT molecular complexity index is 606. The Labute approximate surface area is 145 Å². The van der Waals surface area contributed by atoms with Crippen LogP contribution in [0.5, 0.6) is 0 Å². The maximum absolute atomic E-state index is 9.55. The third-order valence-corrected chi connectivity index (χ3v) is 5.99. The van der Waals surface area contributed by atoms with E-state index in [1.54, 1.807) is 0 Å². The van der Waals surface area contributed by atoms with Crippen LogP contribution in [0.2, 0.25) is 0 Å². The number of aryl methyl sites for hydroxylation is 1. The second kappa shape index (κ2) is 6.85. The highest BCUT2D eigenvalue weighted by Crippen LogP contribution is 2.34. The van der Waals surface area contributed by atoms with E-state index in [1.165, 1.54) is 56.2 Å². The molecule has 130 valence electrons. The third-order valence-electron chi connectivity index (χ3n) is 5.99. The molecule has 0 aromatic carbocycles. The van der Waals surface area contributed by atoms with Crippen molar-refractivity contribution in [2.45, 2.75) is 69.5 Å². The quantitative estimate of drug-likeness (QED) is 0.853. The van der Waals surface area contributed by atoms with Crippen LogP contribution < -0.4 is 0 Å². The number of rotatable bonds is 4. The van der Waals surface area contributed by atoms with Gasteiger partial charge in [-0.25, -0.2) is 0 Å². The summed E-state index contributed by atoms with van der Waals surface area (Å²) >= 11 is 0. The third kappa shape index (κ3) is 3.36. The van der Waals surface area contributed by atoms with E-state index in [9.17, 15) is 5.26 Å². The molecule has 3 aliphatic rings. The van der Waals surface area contributed by atoms with Gasteiger partial charge >= 0.3 is 0 Å². The first-order valence-corrected chi connectivity index (χ1v) is 9.64. The van der Waals surface area contributed by atoms with Crippen LogP contribution in [0, 0.1) is 11.3 Å². The lowest BCUT2D eigenvalue weighted by Gasteiger charge is -2.38. The SMILES string of the molecule is Cn1cc(CN2CCN(C3CC3)C(C#N)C2)c(C2CCCCC2)n1. The zero-order valence-electron chi connectivity index (χ0n) is 14.8. The van der Waals surface area contributed by atoms with Crippen molar-refractivity contribution in [3.05, 3.63) is 17.5 Å². The molecule has 0 radical (unpaired) electrons. The van der Waals surface area contributed by atoms with Crippen LogP contribution in [0.15, 0.2) is 6.20 Å². The first-order valence-electron chi connectivity index (χ1n) is 9.64. The molecule has 1 unspecified atom stereocenters. The Morgan fingerprint density at radius 2 is 1.96 bits per heavy atom. The Balaban J connectivity index is 1.44. The van der Waals surface area contributed by atoms with Gasteiger partial charge < -0.3 is 0 Å². The summed E-state index contributed by atoms with van der Waals surface area (Å²) in [6.07, 6.45) is 11.4. The fraction of sp³-hybridized carbons (Fsp3) is 0.789. The Morgan fingerprint density at radius 1 is 1.17 bits per heavy atom. The minimum Gasteiger partial charge on any atom is -0.295 e. The Hall–Kier alpha value is -1.38. The number of hydrogen-bond donors (Lipinski definition) is 0. The van der Waals surface area contributed by atoms with Crippen molar-refractivity contribution in [3.8, 4) is 6.07 Å². The molecule has 1 atom stereocenters. The number of nitrogens with zero attached hydrogens (tertiary/aromatic N) is 5. The van der Waals surface area contributed by atoms with Crippen LogP contribution in [0.3, 0.4) is 0 Å². The van der Waals surface area contributed by atoms with Crippen LogP contribution in [-0.4, -0.2) is 51.3 Å². The molecule has 0 N–H and O–H groups in total. The normalized spacial score (nSPS) is 27.2. The van der Waals surface area contributed by atoms with Gasteiger partial charge in [-0.3, -0.25) is 14.5 Å². The lowest BCUT2D eigenvalue weighted by molar-refractivity contribution is 0.0895. The minimum absolute atomic E-state index is 0.0704. The minimum atomic E-state index is 0.0704. The molecule has 0 amide bonds. The van der Waals surface area contributed by atoms with Gasteiger partial charge in [0.15, 0.2) is 0 Å². The molecule has 0 bridgehead atoms. The van der Waals surface area contributed by atoms with Gasteiger partial charge in [0, 0.05) is 56.9 Å². The van der Waals surface area contributed by atoms with Gasteiger partial charge in [0.1, 0.15) is 6.04 Å². The molecule has 2 aliphatic carbocycles. The van der Waals surface area contributed by atoms with Crippen molar-refractivity contribution >= 4 is 0 Å². The molecule has 1 aliphatic heterocycles. The summed E-state index contributed by atoms with van der Waals surface area (Å²) < 4.78 is 1.99. The fourth-order valence-electron chi connectivity index (χ4n) is 4.59. The van der Waals surface area contributed by atoms with Gasteiger partial charge in [0.2, 0.25) is 0 Å². The van der Waals surface area contributed by atoms with Crippen LogP contribution in [0.4, 0.5) is 0 Å². The molecule has 5 heteroatoms. The zero-order valence-corrected chi connectivity index (χ0v) is 14.8. The van der Waals surface area contributed by atoms with E-state index < -0.39 is 0 Å². The molecule has 1 aromatic rings. The second-order valence-corrected chi connectivity index (χ2v) is 7.90. The fourth-order valence-corrected chi connectivity index (χ4v) is 4.59. The van der Waals surface area contributed by atoms with E-state index in [-0.39, 0.29) is 6.04 Å². The van der Waals surface area contributed by atoms with E-state index in [1.807, 2.05) is 11.7 Å². The van der Waals surface area contributed by atoms with E-state index in [4.69, 9.17) is 5.10 Å². The van der Waals surface area contributed by atoms with Crippen LogP contribution in [0.1, 0.15) is 62.1 Å². The standard InChI is InChI=1S/C19H29N5/c1-22-12-16(19(21-22)15-5-3-2-4-6-15)13-23-9-10-24(17-7-8-17)18(11-20)14-23/h12,15,17-18H,2-10,13-14H2,1H3. The molecule has 24 heavy (non-hydrogen) atoms. The predicted octanol–water partition coefficient (Wildman–Crippen LogP) is 2.64. The van der Waals surface area contributed by atoms with Crippen molar-refractivity contribution in [1.82, 2.24) is 19.6 Å². The molecule has 4 rings (SSSR count). The molecule has 3 fully saturated rings. The zero-order chi connectivity index (χ0) is 16.5. The average Bonchev–Trinajstić information content (AvgIpc) is 3.39. The molecule has 1 saturated heterocycles. The van der Waals surface area contributed by atoms with Crippen molar-refractivity contribution in [1.29, 1.82) is 5.26 Å². The van der Waals surface area contributed by atoms with Gasteiger partial charge in [-0.1, -0.05) is 19.3 Å². The second-order valence-electron chi connectivity index (χ2n) is 7.90. The lowest BCUT2D eigenvalue weighted by atomic mass is 9.85. The van der Waals surface area contributed by atoms with E-state index in [2.05, 4.69) is 22.1 Å². The molecule has 2 saturated carbocycles. The van der Waals surface area contributed by atoms with Gasteiger partial charge in [-0.15, -0.1) is 0 Å². The maximum Gasteiger partial charge on any atom is 0.111 e. The summed E-state index contributed by atoms with van der Waals surface area (Å²) in [5, 5.41) is 14.4. The number of nitriles is 1. The van der Waals surface area contributed by atoms with Gasteiger partial charge in [-0.05, 0) is 25.7 Å². The highest BCUT2D eigenvalue weighted by atomic mass is 15.3. The number of aromatic nitrogens is 2. The highest BCUT2D eigenvalue weighted by molar-refractivity contribution is 5.22. The summed E-state index contributed by atoms with van der Waals surface area (Å²) in [6, 6.07) is 3.30. The molecule has 1 aromatic heterocycles. The largest absolute Gasteiger partial charge is 0.295 e. The molecular weight excluding hydrogens is 298 g/mol. The molecule has 5 nitrogen and oxygen atoms in total. The summed E-state index contributed by atoms with van der Waals surface area (Å²) in [5.41, 5.74) is 2.72. The van der Waals surface area contributed by atoms with Crippen molar-refractivity contribution in [3.63, 3.8) is 0 Å². The van der Waals surface area contributed by atoms with Crippen molar-refractivity contribution in [2.75, 3.05) is 19.6 Å². The Morgan fingerprint density at radius 3 is 2.67 bits per heavy atom. The summed E-state index contributed by atoms with van der Waals surface area (Å²) in [4.78, 5) is 4.90. The number of hydrogen-bond acceptors (Lipinski definition) is 4. The summed E-state index contributed by atoms with van der Waals surface area (Å²) in [7, 11) is 2.04. The Kier molecular flexibility index (Phi) is 4.60. The summed E-state index contributed by atoms with van der Waals surface area (Å²) in [6.45, 7) is 3.96. The van der Waals surface area contributed by atoms with Crippen LogP contribution in [0.25, 0.3) is 0 Å². The van der Waals surface area contributed by atoms with Crippen LogP contribution >= 0.6 is 0 Å². The maximum atomic E-state index is 9.55. The monoisotopic (exact) mass is 327 g/mol. The predicted molar refractivity (Wildman–Crippen MR) is 93.4 cm³/mol. The first kappa shape index (κ1) is 16.1. The lowest BCUT2D eigenvalue weighted by Crippen LogP contribution is -2.52. The molecule has 2 heterocycles. The van der Waals surface area contributed by atoms with Gasteiger partial charge in [0.25, 0.3) is 0 Å². The van der Waals surface area contributed by atoms with Crippen molar-refractivity contribution in [2.24, 2.45) is 7.05 Å². The molecular formula is C19H29N5. The van der Waals surface area contributed by atoms with Crippen molar-refractivity contribution < 1.29 is 0 Å². The van der Waals surface area contributed by atoms with Gasteiger partial charge in [-0.2, -0.15) is 10.4 Å².